The van der Waals surface area contributed by atoms with E-state index in [1.807, 2.05) is 7.05 Å². The zero-order valence-electron chi connectivity index (χ0n) is 9.94. The molecule has 0 spiro atoms. The van der Waals surface area contributed by atoms with Crippen LogP contribution < -0.4 is 5.32 Å². The average molecular weight is 236 g/mol. The summed E-state index contributed by atoms with van der Waals surface area (Å²) in [5.41, 5.74) is 3.75. The normalized spacial score (nSPS) is 35.4. The van der Waals surface area contributed by atoms with Crippen LogP contribution >= 0.6 is 11.6 Å². The van der Waals surface area contributed by atoms with Crippen LogP contribution in [0.5, 0.6) is 0 Å². The van der Waals surface area contributed by atoms with Crippen molar-refractivity contribution in [3.63, 3.8) is 0 Å². The number of hydrogen-bond donors (Lipinski definition) is 1. The SMILES string of the molecule is CNCC12CC(c3cc(C)ccc3Cl)(C1)C2. The van der Waals surface area contributed by atoms with E-state index in [9.17, 15) is 0 Å². The van der Waals surface area contributed by atoms with E-state index in [1.54, 1.807) is 0 Å². The standard InChI is InChI=1S/C14H18ClN/c1-10-3-4-12(15)11(5-10)14-6-13(7-14,8-14)9-16-2/h3-5,16H,6-9H2,1-2H3. The number of benzene rings is 1. The molecular weight excluding hydrogens is 218 g/mol. The Morgan fingerprint density at radius 2 is 2.00 bits per heavy atom. The molecule has 0 heterocycles. The summed E-state index contributed by atoms with van der Waals surface area (Å²) in [7, 11) is 2.05. The van der Waals surface area contributed by atoms with Crippen molar-refractivity contribution in [3.05, 3.63) is 34.3 Å². The lowest BCUT2D eigenvalue weighted by Gasteiger charge is -2.71. The van der Waals surface area contributed by atoms with E-state index in [1.165, 1.54) is 30.4 Å². The summed E-state index contributed by atoms with van der Waals surface area (Å²) in [6.45, 7) is 3.31. The summed E-state index contributed by atoms with van der Waals surface area (Å²) in [6, 6.07) is 6.43. The molecule has 86 valence electrons. The zero-order chi connectivity index (χ0) is 11.4. The molecule has 4 rings (SSSR count). The van der Waals surface area contributed by atoms with Gasteiger partial charge in [0, 0.05) is 11.6 Å². The minimum absolute atomic E-state index is 0.431. The Hall–Kier alpha value is -0.530. The fraction of sp³-hybridized carbons (Fsp3) is 0.571. The molecule has 3 saturated carbocycles. The molecule has 0 aromatic heterocycles. The first-order valence-corrected chi connectivity index (χ1v) is 6.38. The molecule has 1 aromatic carbocycles. The molecule has 3 aliphatic carbocycles. The lowest BCUT2D eigenvalue weighted by Crippen LogP contribution is -2.67. The topological polar surface area (TPSA) is 12.0 Å². The molecule has 0 atom stereocenters. The van der Waals surface area contributed by atoms with Gasteiger partial charge in [-0.3, -0.25) is 0 Å². The Labute approximate surface area is 102 Å². The van der Waals surface area contributed by atoms with Crippen LogP contribution in [0.1, 0.15) is 30.4 Å². The summed E-state index contributed by atoms with van der Waals surface area (Å²) >= 11 is 6.32. The first-order chi connectivity index (χ1) is 7.59. The summed E-state index contributed by atoms with van der Waals surface area (Å²) in [6.07, 6.45) is 3.97. The number of nitrogens with one attached hydrogen (secondary N) is 1. The largest absolute Gasteiger partial charge is 0.319 e. The summed E-state index contributed by atoms with van der Waals surface area (Å²) in [5, 5.41) is 4.27. The maximum absolute atomic E-state index is 6.32. The average Bonchev–Trinajstić information content (AvgIpc) is 2.13. The van der Waals surface area contributed by atoms with Gasteiger partial charge in [0.05, 0.1) is 0 Å². The molecule has 3 aliphatic rings. The Morgan fingerprint density at radius 1 is 1.31 bits per heavy atom. The maximum atomic E-state index is 6.32. The van der Waals surface area contributed by atoms with E-state index in [-0.39, 0.29) is 0 Å². The molecular formula is C14H18ClN. The van der Waals surface area contributed by atoms with E-state index >= 15 is 0 Å². The van der Waals surface area contributed by atoms with E-state index in [4.69, 9.17) is 11.6 Å². The Morgan fingerprint density at radius 3 is 2.62 bits per heavy atom. The minimum atomic E-state index is 0.431. The van der Waals surface area contributed by atoms with Gasteiger partial charge in [-0.2, -0.15) is 0 Å². The van der Waals surface area contributed by atoms with Crippen molar-refractivity contribution < 1.29 is 0 Å². The van der Waals surface area contributed by atoms with Crippen LogP contribution in [0.15, 0.2) is 18.2 Å². The molecule has 0 unspecified atom stereocenters. The van der Waals surface area contributed by atoms with Gasteiger partial charge in [-0.1, -0.05) is 29.3 Å². The molecule has 3 fully saturated rings. The first kappa shape index (κ1) is 10.6. The number of aryl methyl sites for hydroxylation is 1. The van der Waals surface area contributed by atoms with Gasteiger partial charge in [-0.15, -0.1) is 0 Å². The van der Waals surface area contributed by atoms with Crippen molar-refractivity contribution in [1.29, 1.82) is 0 Å². The van der Waals surface area contributed by atoms with Crippen LogP contribution in [0, 0.1) is 12.3 Å². The van der Waals surface area contributed by atoms with Gasteiger partial charge in [0.25, 0.3) is 0 Å². The van der Waals surface area contributed by atoms with Crippen molar-refractivity contribution in [2.24, 2.45) is 5.41 Å². The molecule has 1 aromatic rings. The van der Waals surface area contributed by atoms with Gasteiger partial charge in [-0.25, -0.2) is 0 Å². The number of rotatable bonds is 3. The molecule has 1 nitrogen and oxygen atoms in total. The molecule has 0 aliphatic heterocycles. The van der Waals surface area contributed by atoms with Gasteiger partial charge >= 0.3 is 0 Å². The van der Waals surface area contributed by atoms with Crippen molar-refractivity contribution in [2.75, 3.05) is 13.6 Å². The van der Waals surface area contributed by atoms with Crippen LogP contribution in [0.4, 0.5) is 0 Å². The molecule has 0 amide bonds. The predicted octanol–water partition coefficient (Wildman–Crippen LogP) is 3.29. The van der Waals surface area contributed by atoms with Gasteiger partial charge < -0.3 is 5.32 Å². The fourth-order valence-electron chi connectivity index (χ4n) is 3.89. The van der Waals surface area contributed by atoms with Crippen LogP contribution in [0.25, 0.3) is 0 Å². The second-order valence-corrected chi connectivity index (χ2v) is 6.23. The van der Waals surface area contributed by atoms with Crippen molar-refractivity contribution >= 4 is 11.6 Å². The lowest BCUT2D eigenvalue weighted by molar-refractivity contribution is -0.136. The smallest absolute Gasteiger partial charge is 0.0443 e. The Bertz CT molecular complexity index is 419. The van der Waals surface area contributed by atoms with E-state index < -0.39 is 0 Å². The third-order valence-electron chi connectivity index (χ3n) is 4.39. The first-order valence-electron chi connectivity index (χ1n) is 6.01. The van der Waals surface area contributed by atoms with Gasteiger partial charge in [-0.05, 0) is 55.7 Å². The summed E-state index contributed by atoms with van der Waals surface area (Å²) in [4.78, 5) is 0. The molecule has 2 heteroatoms. The Balaban J connectivity index is 1.84. The summed E-state index contributed by atoms with van der Waals surface area (Å²) in [5.74, 6) is 0. The molecule has 16 heavy (non-hydrogen) atoms. The quantitative estimate of drug-likeness (QED) is 0.848. The van der Waals surface area contributed by atoms with Crippen LogP contribution in [0.2, 0.25) is 5.02 Å². The van der Waals surface area contributed by atoms with Crippen LogP contribution in [-0.4, -0.2) is 13.6 Å². The third kappa shape index (κ3) is 1.28. The highest BCUT2D eigenvalue weighted by molar-refractivity contribution is 6.31. The van der Waals surface area contributed by atoms with E-state index in [0.29, 0.717) is 10.8 Å². The Kier molecular flexibility index (Phi) is 2.15. The number of halogens is 1. The van der Waals surface area contributed by atoms with Gasteiger partial charge in [0.15, 0.2) is 0 Å². The highest BCUT2D eigenvalue weighted by Crippen LogP contribution is 2.73. The van der Waals surface area contributed by atoms with E-state index in [2.05, 4.69) is 30.4 Å². The van der Waals surface area contributed by atoms with Crippen molar-refractivity contribution in [3.8, 4) is 0 Å². The molecule has 1 N–H and O–H groups in total. The highest BCUT2D eigenvalue weighted by atomic mass is 35.5. The van der Waals surface area contributed by atoms with Crippen LogP contribution in [0.3, 0.4) is 0 Å². The third-order valence-corrected chi connectivity index (χ3v) is 4.71. The molecule has 0 saturated heterocycles. The van der Waals surface area contributed by atoms with Crippen LogP contribution in [-0.2, 0) is 5.41 Å². The lowest BCUT2D eigenvalue weighted by atomic mass is 9.33. The van der Waals surface area contributed by atoms with Gasteiger partial charge in [0.1, 0.15) is 0 Å². The molecule has 2 bridgehead atoms. The second-order valence-electron chi connectivity index (χ2n) is 5.82. The monoisotopic (exact) mass is 235 g/mol. The predicted molar refractivity (Wildman–Crippen MR) is 68.1 cm³/mol. The highest BCUT2D eigenvalue weighted by Gasteiger charge is 2.67. The van der Waals surface area contributed by atoms with E-state index in [0.717, 1.165) is 11.6 Å². The van der Waals surface area contributed by atoms with Gasteiger partial charge in [0.2, 0.25) is 0 Å². The molecule has 0 radical (unpaired) electrons. The second kappa shape index (κ2) is 3.24. The van der Waals surface area contributed by atoms with Crippen molar-refractivity contribution in [1.82, 2.24) is 5.32 Å². The maximum Gasteiger partial charge on any atom is 0.0443 e. The van der Waals surface area contributed by atoms with Crippen molar-refractivity contribution in [2.45, 2.75) is 31.6 Å². The zero-order valence-corrected chi connectivity index (χ0v) is 10.7. The summed E-state index contributed by atoms with van der Waals surface area (Å²) < 4.78 is 0. The number of hydrogen-bond acceptors (Lipinski definition) is 1. The fourth-order valence-corrected chi connectivity index (χ4v) is 4.21. The minimum Gasteiger partial charge on any atom is -0.319 e.